The van der Waals surface area contributed by atoms with Crippen LogP contribution >= 0.6 is 9.24 Å². The lowest BCUT2D eigenvalue weighted by Crippen LogP contribution is -2.13. The Labute approximate surface area is 98.3 Å². The van der Waals surface area contributed by atoms with Gasteiger partial charge in [-0.2, -0.15) is 0 Å². The molecule has 4 heteroatoms. The van der Waals surface area contributed by atoms with E-state index >= 15 is 0 Å². The molecule has 0 aliphatic heterocycles. The number of methoxy groups -OCH3 is 2. The van der Waals surface area contributed by atoms with Crippen LogP contribution < -0.4 is 9.47 Å². The van der Waals surface area contributed by atoms with E-state index in [2.05, 4.69) is 9.24 Å². The van der Waals surface area contributed by atoms with Gasteiger partial charge in [0.15, 0.2) is 5.78 Å². The van der Waals surface area contributed by atoms with Crippen LogP contribution in [0.25, 0.3) is 0 Å². The minimum Gasteiger partial charge on any atom is -0.496 e. The minimum atomic E-state index is -0.162. The molecule has 0 bridgehead atoms. The van der Waals surface area contributed by atoms with Crippen LogP contribution in [0.4, 0.5) is 0 Å². The van der Waals surface area contributed by atoms with Crippen molar-refractivity contribution in [1.29, 1.82) is 0 Å². The summed E-state index contributed by atoms with van der Waals surface area (Å²) in [4.78, 5) is 12.0. The van der Waals surface area contributed by atoms with Crippen molar-refractivity contribution in [3.63, 3.8) is 0 Å². The molecule has 16 heavy (non-hydrogen) atoms. The lowest BCUT2D eigenvalue weighted by molar-refractivity contribution is 0.0987. The largest absolute Gasteiger partial charge is 0.496 e. The molecule has 0 saturated heterocycles. The third-order valence-electron chi connectivity index (χ3n) is 2.31. The smallest absolute Gasteiger partial charge is 0.176 e. The first-order valence-electron chi connectivity index (χ1n) is 5.03. The first-order valence-corrected chi connectivity index (χ1v) is 5.70. The highest BCUT2D eigenvalue weighted by molar-refractivity contribution is 7.19. The monoisotopic (exact) mass is 240 g/mol. The molecule has 88 valence electrons. The van der Waals surface area contributed by atoms with Crippen molar-refractivity contribution < 1.29 is 14.3 Å². The van der Waals surface area contributed by atoms with Crippen LogP contribution in [0.1, 0.15) is 22.8 Å². The first kappa shape index (κ1) is 13.0. The predicted octanol–water partition coefficient (Wildman–Crippen LogP) is 2.46. The number of hydrogen-bond acceptors (Lipinski definition) is 3. The van der Waals surface area contributed by atoms with Gasteiger partial charge in [0, 0.05) is 5.66 Å². The van der Waals surface area contributed by atoms with Gasteiger partial charge in [0.05, 0.1) is 14.2 Å². The molecule has 1 aromatic rings. The summed E-state index contributed by atoms with van der Waals surface area (Å²) in [6.45, 7) is 3.76. The summed E-state index contributed by atoms with van der Waals surface area (Å²) in [6.07, 6.45) is 0. The van der Waals surface area contributed by atoms with Gasteiger partial charge in [0.2, 0.25) is 0 Å². The summed E-state index contributed by atoms with van der Waals surface area (Å²) in [5, 5.41) is 0. The fourth-order valence-electron chi connectivity index (χ4n) is 1.51. The van der Waals surface area contributed by atoms with Crippen molar-refractivity contribution in [3.05, 3.63) is 23.3 Å². The van der Waals surface area contributed by atoms with Gasteiger partial charge in [-0.15, -0.1) is 9.24 Å². The van der Waals surface area contributed by atoms with Crippen molar-refractivity contribution in [3.8, 4) is 11.5 Å². The summed E-state index contributed by atoms with van der Waals surface area (Å²) < 4.78 is 10.5. The van der Waals surface area contributed by atoms with Crippen LogP contribution in [0.5, 0.6) is 11.5 Å². The van der Waals surface area contributed by atoms with E-state index in [1.807, 2.05) is 26.0 Å². The van der Waals surface area contributed by atoms with Crippen molar-refractivity contribution in [2.45, 2.75) is 19.5 Å². The van der Waals surface area contributed by atoms with Crippen LogP contribution in [0.2, 0.25) is 0 Å². The van der Waals surface area contributed by atoms with E-state index in [9.17, 15) is 4.79 Å². The van der Waals surface area contributed by atoms with Crippen LogP contribution in [0, 0.1) is 6.92 Å². The summed E-state index contributed by atoms with van der Waals surface area (Å²) in [6, 6.07) is 3.67. The lowest BCUT2D eigenvalue weighted by Gasteiger charge is -2.14. The average molecular weight is 240 g/mol. The number of Topliss-reactive ketones (excluding diaryl/α,β-unsaturated/α-hetero) is 1. The van der Waals surface area contributed by atoms with Crippen LogP contribution in [-0.4, -0.2) is 25.7 Å². The highest BCUT2D eigenvalue weighted by Gasteiger charge is 2.21. The van der Waals surface area contributed by atoms with Crippen molar-refractivity contribution in [2.75, 3.05) is 14.2 Å². The molecule has 0 radical (unpaired) electrons. The number of rotatable bonds is 4. The SMILES string of the molecule is COc1cc(C)cc(OC)c1C(=O)C(C)P. The zero-order valence-corrected chi connectivity index (χ0v) is 11.2. The molecule has 3 nitrogen and oxygen atoms in total. The standard InChI is InChI=1S/C12H17O3P/c1-7-5-9(14-3)11(10(6-7)15-4)12(13)8(2)16/h5-6,8H,16H2,1-4H3. The molecular weight excluding hydrogens is 223 g/mol. The van der Waals surface area contributed by atoms with E-state index in [0.717, 1.165) is 5.56 Å². The van der Waals surface area contributed by atoms with Gasteiger partial charge >= 0.3 is 0 Å². The molecule has 0 aliphatic rings. The number of ether oxygens (including phenoxy) is 2. The normalized spacial score (nSPS) is 12.1. The third-order valence-corrected chi connectivity index (χ3v) is 2.61. The molecule has 0 N–H and O–H groups in total. The molecule has 0 fully saturated rings. The van der Waals surface area contributed by atoms with Gasteiger partial charge in [-0.1, -0.05) is 6.92 Å². The summed E-state index contributed by atoms with van der Waals surface area (Å²) in [5.74, 6) is 1.13. The predicted molar refractivity (Wildman–Crippen MR) is 67.8 cm³/mol. The Morgan fingerprint density at radius 3 is 2.00 bits per heavy atom. The Bertz CT molecular complexity index is 374. The van der Waals surface area contributed by atoms with Crippen LogP contribution in [0.15, 0.2) is 12.1 Å². The highest BCUT2D eigenvalue weighted by atomic mass is 31.0. The second-order valence-electron chi connectivity index (χ2n) is 3.70. The van der Waals surface area contributed by atoms with E-state index < -0.39 is 0 Å². The van der Waals surface area contributed by atoms with Gasteiger partial charge in [0.1, 0.15) is 17.1 Å². The molecule has 0 aromatic heterocycles. The molecule has 0 aliphatic carbocycles. The zero-order valence-electron chi connectivity index (χ0n) is 10.0. The molecule has 0 amide bonds. The molecule has 0 heterocycles. The summed E-state index contributed by atoms with van der Waals surface area (Å²) >= 11 is 0. The lowest BCUT2D eigenvalue weighted by atomic mass is 10.0. The third kappa shape index (κ3) is 2.53. The van der Waals surface area contributed by atoms with Crippen molar-refractivity contribution in [1.82, 2.24) is 0 Å². The number of carbonyl (C=O) groups excluding carboxylic acids is 1. The molecular formula is C12H17O3P. The maximum atomic E-state index is 12.0. The van der Waals surface area contributed by atoms with Gasteiger partial charge in [-0.05, 0) is 24.6 Å². The van der Waals surface area contributed by atoms with Gasteiger partial charge < -0.3 is 9.47 Å². The Balaban J connectivity index is 3.38. The average Bonchev–Trinajstić information content (AvgIpc) is 2.26. The van der Waals surface area contributed by atoms with Crippen LogP contribution in [0.3, 0.4) is 0 Å². The fourth-order valence-corrected chi connectivity index (χ4v) is 1.68. The molecule has 2 atom stereocenters. The van der Waals surface area contributed by atoms with Gasteiger partial charge in [-0.25, -0.2) is 0 Å². The number of ketones is 1. The molecule has 2 unspecified atom stereocenters. The topological polar surface area (TPSA) is 35.5 Å². The number of aryl methyl sites for hydroxylation is 1. The zero-order chi connectivity index (χ0) is 12.3. The molecule has 0 saturated carbocycles. The Hall–Kier alpha value is -1.08. The van der Waals surface area contributed by atoms with E-state index in [0.29, 0.717) is 17.1 Å². The van der Waals surface area contributed by atoms with E-state index in [1.165, 1.54) is 0 Å². The summed E-state index contributed by atoms with van der Waals surface area (Å²) in [5.41, 5.74) is 1.35. The van der Waals surface area contributed by atoms with E-state index in [-0.39, 0.29) is 11.4 Å². The van der Waals surface area contributed by atoms with Crippen molar-refractivity contribution >= 4 is 15.0 Å². The second kappa shape index (κ2) is 5.31. The minimum absolute atomic E-state index is 0.00120. The molecule has 1 rings (SSSR count). The quantitative estimate of drug-likeness (QED) is 0.599. The van der Waals surface area contributed by atoms with Crippen molar-refractivity contribution in [2.24, 2.45) is 0 Å². The van der Waals surface area contributed by atoms with Gasteiger partial charge in [-0.3, -0.25) is 4.79 Å². The Morgan fingerprint density at radius 2 is 1.69 bits per heavy atom. The Kier molecular flexibility index (Phi) is 4.31. The highest BCUT2D eigenvalue weighted by Crippen LogP contribution is 2.32. The van der Waals surface area contributed by atoms with Gasteiger partial charge in [0.25, 0.3) is 0 Å². The Morgan fingerprint density at radius 1 is 1.25 bits per heavy atom. The molecule has 1 aromatic carbocycles. The van der Waals surface area contributed by atoms with E-state index in [1.54, 1.807) is 14.2 Å². The maximum Gasteiger partial charge on any atom is 0.176 e. The first-order chi connectivity index (χ1) is 7.51. The number of carbonyl (C=O) groups is 1. The maximum absolute atomic E-state index is 12.0. The molecule has 0 spiro atoms. The van der Waals surface area contributed by atoms with E-state index in [4.69, 9.17) is 9.47 Å². The fraction of sp³-hybridized carbons (Fsp3) is 0.417. The summed E-state index contributed by atoms with van der Waals surface area (Å²) in [7, 11) is 5.59. The second-order valence-corrected chi connectivity index (χ2v) is 4.70. The van der Waals surface area contributed by atoms with Crippen LogP contribution in [-0.2, 0) is 0 Å². The number of hydrogen-bond donors (Lipinski definition) is 0. The number of benzene rings is 1.